The number of hydrogen-bond donors (Lipinski definition) is 0. The van der Waals surface area contributed by atoms with Crippen LogP contribution in [0, 0.1) is 21.4 Å². The molecule has 13 heteroatoms. The van der Waals surface area contributed by atoms with E-state index in [4.69, 9.17) is 4.74 Å². The third kappa shape index (κ3) is 8.61. The number of thiophene rings is 1. The van der Waals surface area contributed by atoms with Gasteiger partial charge in [-0.05, 0) is 83.9 Å². The highest BCUT2D eigenvalue weighted by molar-refractivity contribution is 7.89. The number of piperidine rings is 1. The molecule has 2 aromatic carbocycles. The van der Waals surface area contributed by atoms with Crippen LogP contribution in [0.5, 0.6) is 0 Å². The summed E-state index contributed by atoms with van der Waals surface area (Å²) in [5.74, 6) is 0.0250. The number of non-ortho nitro benzene ring substituents is 1. The van der Waals surface area contributed by atoms with Crippen LogP contribution in [-0.4, -0.2) is 79.4 Å². The molecule has 0 bridgehead atoms. The van der Waals surface area contributed by atoms with Gasteiger partial charge in [-0.3, -0.25) is 15.0 Å². The first kappa shape index (κ1) is 32.1. The van der Waals surface area contributed by atoms with Gasteiger partial charge in [-0.25, -0.2) is 17.5 Å². The molecule has 228 valence electrons. The lowest BCUT2D eigenvalue weighted by atomic mass is 9.97. The summed E-state index contributed by atoms with van der Waals surface area (Å²) in [5, 5.41) is 24.3. The minimum atomic E-state index is -3.61. The van der Waals surface area contributed by atoms with Crippen LogP contribution in [0.3, 0.4) is 0 Å². The summed E-state index contributed by atoms with van der Waals surface area (Å²) < 4.78 is 33.2. The molecule has 3 aromatic rings. The average molecular weight is 626 g/mol. The Morgan fingerprint density at radius 2 is 1.86 bits per heavy atom. The number of carbonyl (C=O) groups excluding carboxylic acids is 1. The molecule has 1 saturated heterocycles. The highest BCUT2D eigenvalue weighted by atomic mass is 32.2. The van der Waals surface area contributed by atoms with Crippen molar-refractivity contribution in [2.45, 2.75) is 42.7 Å². The number of ether oxygens (including phenoxy) is 1. The molecular weight excluding hydrogens is 590 g/mol. The molecule has 0 N–H and O–H groups in total. The highest BCUT2D eigenvalue weighted by Gasteiger charge is 2.30. The summed E-state index contributed by atoms with van der Waals surface area (Å²) in [4.78, 5) is 27.3. The molecule has 1 aromatic heterocycles. The van der Waals surface area contributed by atoms with Crippen molar-refractivity contribution in [2.75, 3.05) is 39.8 Å². The summed E-state index contributed by atoms with van der Waals surface area (Å²) in [5.41, 5.74) is 1.69. The number of nitriles is 1. The first-order valence-corrected chi connectivity index (χ1v) is 16.4. The Bertz CT molecular complexity index is 1490. The van der Waals surface area contributed by atoms with Crippen LogP contribution in [0.4, 0.5) is 10.5 Å². The number of carbonyl (C=O) groups is 1. The minimum absolute atomic E-state index is 0.0250. The van der Waals surface area contributed by atoms with Crippen LogP contribution in [0.25, 0.3) is 0 Å². The van der Waals surface area contributed by atoms with Crippen molar-refractivity contribution in [3.63, 3.8) is 0 Å². The van der Waals surface area contributed by atoms with Crippen LogP contribution in [-0.2, 0) is 21.4 Å². The molecule has 0 saturated carbocycles. The summed E-state index contributed by atoms with van der Waals surface area (Å²) in [6.07, 6.45) is 1.55. The average Bonchev–Trinajstić information content (AvgIpc) is 3.56. The lowest BCUT2D eigenvalue weighted by Gasteiger charge is -2.37. The predicted molar refractivity (Wildman–Crippen MR) is 163 cm³/mol. The number of amides is 1. The number of sulfonamides is 1. The maximum atomic E-state index is 13.1. The fraction of sp³-hybridized carbons (Fsp3) is 0.400. The Balaban J connectivity index is 1.30. The molecule has 2 heterocycles. The fourth-order valence-electron chi connectivity index (χ4n) is 5.21. The third-order valence-electron chi connectivity index (χ3n) is 7.72. The number of nitrogens with zero attached hydrogens (tertiary/aromatic N) is 5. The summed E-state index contributed by atoms with van der Waals surface area (Å²) in [7, 11) is -1.98. The third-order valence-corrected chi connectivity index (χ3v) is 10.3. The van der Waals surface area contributed by atoms with E-state index in [1.54, 1.807) is 48.7 Å². The molecule has 0 spiro atoms. The Morgan fingerprint density at radius 3 is 2.47 bits per heavy atom. The summed E-state index contributed by atoms with van der Waals surface area (Å²) in [6.45, 7) is 2.46. The quantitative estimate of drug-likeness (QED) is 0.146. The van der Waals surface area contributed by atoms with Crippen molar-refractivity contribution in [2.24, 2.45) is 0 Å². The normalized spacial score (nSPS) is 15.1. The van der Waals surface area contributed by atoms with Crippen LogP contribution in [0.1, 0.15) is 36.3 Å². The number of nitro benzene ring substituents is 1. The number of hydrogen-bond acceptors (Lipinski definition) is 9. The Morgan fingerprint density at radius 1 is 1.16 bits per heavy atom. The van der Waals surface area contributed by atoms with Crippen molar-refractivity contribution < 1.29 is 22.9 Å². The Hall–Kier alpha value is -3.83. The number of rotatable bonds is 13. The highest BCUT2D eigenvalue weighted by Crippen LogP contribution is 2.27. The van der Waals surface area contributed by atoms with E-state index in [9.17, 15) is 28.6 Å². The maximum absolute atomic E-state index is 13.1. The van der Waals surface area contributed by atoms with Crippen LogP contribution in [0.2, 0.25) is 0 Å². The van der Waals surface area contributed by atoms with Gasteiger partial charge in [-0.15, -0.1) is 0 Å². The Labute approximate surface area is 256 Å². The van der Waals surface area contributed by atoms with Gasteiger partial charge in [0.2, 0.25) is 10.0 Å². The van der Waals surface area contributed by atoms with Gasteiger partial charge >= 0.3 is 6.09 Å². The van der Waals surface area contributed by atoms with E-state index < -0.39 is 21.0 Å². The van der Waals surface area contributed by atoms with Gasteiger partial charge in [0.15, 0.2) is 0 Å². The van der Waals surface area contributed by atoms with E-state index in [1.807, 2.05) is 11.4 Å². The summed E-state index contributed by atoms with van der Waals surface area (Å²) >= 11 is 1.59. The SMILES string of the molecule is CN(C[C@H](CCN1CCC(N(CC#N)C(=O)OCc2ccc([N+](=O)[O-])cc2)CC1)c1ccsc1)S(=O)(=O)c1ccccc1. The molecule has 1 amide bonds. The van der Waals surface area contributed by atoms with Gasteiger partial charge in [0.25, 0.3) is 5.69 Å². The molecule has 0 unspecified atom stereocenters. The predicted octanol–water partition coefficient (Wildman–Crippen LogP) is 5.08. The van der Waals surface area contributed by atoms with E-state index in [1.165, 1.54) is 33.5 Å². The minimum Gasteiger partial charge on any atom is -0.445 e. The molecule has 1 fully saturated rings. The van der Waals surface area contributed by atoms with E-state index in [0.29, 0.717) is 24.9 Å². The molecule has 1 atom stereocenters. The van der Waals surface area contributed by atoms with E-state index in [2.05, 4.69) is 16.3 Å². The van der Waals surface area contributed by atoms with E-state index >= 15 is 0 Å². The molecule has 43 heavy (non-hydrogen) atoms. The largest absolute Gasteiger partial charge is 0.445 e. The fourth-order valence-corrected chi connectivity index (χ4v) is 7.18. The molecule has 4 rings (SSSR count). The van der Waals surface area contributed by atoms with Crippen LogP contribution in [0.15, 0.2) is 76.3 Å². The lowest BCUT2D eigenvalue weighted by molar-refractivity contribution is -0.384. The molecule has 0 aliphatic carbocycles. The zero-order chi connectivity index (χ0) is 30.8. The number of benzene rings is 2. The van der Waals surface area contributed by atoms with Crippen LogP contribution >= 0.6 is 11.3 Å². The maximum Gasteiger partial charge on any atom is 0.411 e. The zero-order valence-electron chi connectivity index (χ0n) is 23.9. The monoisotopic (exact) mass is 625 g/mol. The van der Waals surface area contributed by atoms with Gasteiger partial charge < -0.3 is 9.64 Å². The second kappa shape index (κ2) is 15.1. The molecule has 1 aliphatic heterocycles. The van der Waals surface area contributed by atoms with Crippen molar-refractivity contribution in [1.82, 2.24) is 14.1 Å². The van der Waals surface area contributed by atoms with Gasteiger partial charge in [0, 0.05) is 44.9 Å². The van der Waals surface area contributed by atoms with E-state index in [0.717, 1.165) is 31.6 Å². The van der Waals surface area contributed by atoms with Gasteiger partial charge in [-0.1, -0.05) is 18.2 Å². The zero-order valence-corrected chi connectivity index (χ0v) is 25.6. The van der Waals surface area contributed by atoms with E-state index in [-0.39, 0.29) is 35.7 Å². The van der Waals surface area contributed by atoms with Crippen molar-refractivity contribution >= 4 is 33.1 Å². The van der Waals surface area contributed by atoms with Crippen molar-refractivity contribution in [3.05, 3.63) is 92.7 Å². The second-order valence-corrected chi connectivity index (χ2v) is 13.3. The first-order valence-electron chi connectivity index (χ1n) is 14.0. The topological polar surface area (TPSA) is 137 Å². The van der Waals surface area contributed by atoms with Gasteiger partial charge in [-0.2, -0.15) is 16.6 Å². The molecular formula is C30H35N5O6S2. The molecule has 11 nitrogen and oxygen atoms in total. The smallest absolute Gasteiger partial charge is 0.411 e. The van der Waals surface area contributed by atoms with Crippen molar-refractivity contribution in [1.29, 1.82) is 5.26 Å². The van der Waals surface area contributed by atoms with Crippen LogP contribution < -0.4 is 0 Å². The standard InChI is InChI=1S/C30H35N5O6S2/c1-32(43(39,40)29-5-3-2-4-6-29)21-25(26-14-20-42-23-26)11-16-33-17-12-27(13-18-33)34(19-15-31)30(36)41-22-24-7-9-28(10-8-24)35(37)38/h2-10,14,20,23,25,27H,11-13,16-19,21-22H2,1H3/t25-/m0/s1. The number of likely N-dealkylation sites (tertiary alicyclic amines) is 1. The number of nitro groups is 1. The Kier molecular flexibility index (Phi) is 11.2. The lowest BCUT2D eigenvalue weighted by Crippen LogP contribution is -2.48. The molecule has 1 aliphatic rings. The number of likely N-dealkylation sites (N-methyl/N-ethyl adjacent to an activating group) is 1. The van der Waals surface area contributed by atoms with Gasteiger partial charge in [0.05, 0.1) is 15.9 Å². The second-order valence-electron chi connectivity index (χ2n) is 10.5. The molecule has 0 radical (unpaired) electrons. The summed E-state index contributed by atoms with van der Waals surface area (Å²) in [6, 6.07) is 18.2. The first-order chi connectivity index (χ1) is 20.7. The van der Waals surface area contributed by atoms with Crippen molar-refractivity contribution in [3.8, 4) is 6.07 Å². The van der Waals surface area contributed by atoms with Gasteiger partial charge in [0.1, 0.15) is 13.2 Å².